The molecule has 1 aromatic rings. The van der Waals surface area contributed by atoms with Gasteiger partial charge >= 0.3 is 5.97 Å². The summed E-state index contributed by atoms with van der Waals surface area (Å²) in [5.41, 5.74) is 0.834. The molecule has 1 unspecified atom stereocenters. The highest BCUT2D eigenvalue weighted by atomic mass is 35.5. The second-order valence-corrected chi connectivity index (χ2v) is 5.09. The summed E-state index contributed by atoms with van der Waals surface area (Å²) < 4.78 is 10.6. The molecule has 21 heavy (non-hydrogen) atoms. The molecular formula is C15H22ClNO4. The average molecular weight is 316 g/mol. The smallest absolute Gasteiger partial charge is 0.344 e. The molecule has 0 aliphatic carbocycles. The van der Waals surface area contributed by atoms with Gasteiger partial charge in [0, 0.05) is 30.8 Å². The van der Waals surface area contributed by atoms with E-state index < -0.39 is 12.1 Å². The van der Waals surface area contributed by atoms with Gasteiger partial charge in [-0.25, -0.2) is 4.79 Å². The maximum absolute atomic E-state index is 11.2. The Morgan fingerprint density at radius 2 is 2.24 bits per heavy atom. The number of halogens is 1. The fraction of sp³-hybridized carbons (Fsp3) is 0.533. The first-order chi connectivity index (χ1) is 10.1. The molecule has 0 aliphatic rings. The van der Waals surface area contributed by atoms with Crippen LogP contribution in [0.4, 0.5) is 0 Å². The molecule has 1 rings (SSSR count). The Bertz CT molecular complexity index is 453. The molecule has 0 aromatic heterocycles. The van der Waals surface area contributed by atoms with Crippen molar-refractivity contribution in [1.82, 2.24) is 5.32 Å². The Labute approximate surface area is 130 Å². The van der Waals surface area contributed by atoms with Crippen molar-refractivity contribution in [2.75, 3.05) is 20.3 Å². The van der Waals surface area contributed by atoms with Gasteiger partial charge in [0.2, 0.25) is 0 Å². The van der Waals surface area contributed by atoms with Crippen LogP contribution in [-0.2, 0) is 16.1 Å². The molecule has 0 amide bonds. The van der Waals surface area contributed by atoms with Crippen molar-refractivity contribution in [1.29, 1.82) is 0 Å². The number of benzene rings is 1. The second kappa shape index (κ2) is 9.60. The number of carboxylic acid groups (broad SMARTS) is 1. The van der Waals surface area contributed by atoms with Gasteiger partial charge in [0.15, 0.2) is 6.10 Å². The zero-order valence-corrected chi connectivity index (χ0v) is 13.2. The van der Waals surface area contributed by atoms with E-state index in [-0.39, 0.29) is 0 Å². The summed E-state index contributed by atoms with van der Waals surface area (Å²) in [5.74, 6) is -0.407. The third kappa shape index (κ3) is 6.33. The quantitative estimate of drug-likeness (QED) is 0.650. The Hall–Kier alpha value is -1.30. The molecule has 5 nitrogen and oxygen atoms in total. The predicted molar refractivity (Wildman–Crippen MR) is 82.0 cm³/mol. The van der Waals surface area contributed by atoms with Crippen LogP contribution >= 0.6 is 11.6 Å². The number of carboxylic acids is 1. The van der Waals surface area contributed by atoms with Gasteiger partial charge in [0.25, 0.3) is 0 Å². The van der Waals surface area contributed by atoms with Crippen LogP contribution in [0.5, 0.6) is 5.75 Å². The highest BCUT2D eigenvalue weighted by molar-refractivity contribution is 6.30. The van der Waals surface area contributed by atoms with E-state index in [9.17, 15) is 9.90 Å². The van der Waals surface area contributed by atoms with Crippen LogP contribution < -0.4 is 10.1 Å². The van der Waals surface area contributed by atoms with Crippen LogP contribution in [0.1, 0.15) is 25.3 Å². The molecule has 0 spiro atoms. The van der Waals surface area contributed by atoms with E-state index in [1.165, 1.54) is 0 Å². The summed E-state index contributed by atoms with van der Waals surface area (Å²) in [6, 6.07) is 5.18. The second-order valence-electron chi connectivity index (χ2n) is 4.66. The maximum Gasteiger partial charge on any atom is 0.344 e. The van der Waals surface area contributed by atoms with Gasteiger partial charge in [-0.3, -0.25) is 0 Å². The molecule has 0 heterocycles. The van der Waals surface area contributed by atoms with Crippen LogP contribution in [0.2, 0.25) is 5.02 Å². The summed E-state index contributed by atoms with van der Waals surface area (Å²) >= 11 is 5.99. The lowest BCUT2D eigenvalue weighted by Crippen LogP contribution is -2.27. The fourth-order valence-electron chi connectivity index (χ4n) is 1.85. The lowest BCUT2D eigenvalue weighted by Gasteiger charge is -2.17. The maximum atomic E-state index is 11.2. The molecule has 1 atom stereocenters. The Morgan fingerprint density at radius 3 is 2.86 bits per heavy atom. The molecule has 2 N–H and O–H groups in total. The molecular weight excluding hydrogens is 294 g/mol. The molecule has 0 bridgehead atoms. The summed E-state index contributed by atoms with van der Waals surface area (Å²) in [7, 11) is 1.64. The molecule has 0 saturated heterocycles. The summed E-state index contributed by atoms with van der Waals surface area (Å²) in [5, 5.41) is 13.0. The Kier molecular flexibility index (Phi) is 8.12. The number of carbonyl (C=O) groups is 1. The zero-order valence-electron chi connectivity index (χ0n) is 12.4. The number of ether oxygens (including phenoxy) is 2. The minimum absolute atomic E-state index is 0.467. The van der Waals surface area contributed by atoms with Gasteiger partial charge in [0.1, 0.15) is 5.75 Å². The van der Waals surface area contributed by atoms with E-state index in [0.717, 1.165) is 12.0 Å². The Balaban J connectivity index is 2.77. The molecule has 0 saturated carbocycles. The summed E-state index contributed by atoms with van der Waals surface area (Å²) in [4.78, 5) is 11.2. The highest BCUT2D eigenvalue weighted by Crippen LogP contribution is 2.24. The van der Waals surface area contributed by atoms with Crippen molar-refractivity contribution in [3.8, 4) is 5.75 Å². The van der Waals surface area contributed by atoms with E-state index in [0.29, 0.717) is 36.9 Å². The third-order valence-electron chi connectivity index (χ3n) is 2.92. The molecule has 0 aliphatic heterocycles. The van der Waals surface area contributed by atoms with Gasteiger partial charge in [0.05, 0.1) is 6.61 Å². The van der Waals surface area contributed by atoms with Crippen molar-refractivity contribution in [3.63, 3.8) is 0 Å². The van der Waals surface area contributed by atoms with Crippen LogP contribution in [0.25, 0.3) is 0 Å². The van der Waals surface area contributed by atoms with Crippen LogP contribution in [0.15, 0.2) is 18.2 Å². The lowest BCUT2D eigenvalue weighted by atomic mass is 10.1. The SMILES string of the molecule is CCCC(Oc1ccc(Cl)cc1CNCCOC)C(=O)O. The number of hydrogen-bond donors (Lipinski definition) is 2. The minimum atomic E-state index is -0.954. The van der Waals surface area contributed by atoms with E-state index in [1.807, 2.05) is 6.92 Å². The number of hydrogen-bond acceptors (Lipinski definition) is 4. The normalized spacial score (nSPS) is 12.1. The number of rotatable bonds is 10. The van der Waals surface area contributed by atoms with Crippen LogP contribution in [0, 0.1) is 0 Å². The van der Waals surface area contributed by atoms with E-state index in [2.05, 4.69) is 5.32 Å². The molecule has 118 valence electrons. The van der Waals surface area contributed by atoms with Gasteiger partial charge in [-0.2, -0.15) is 0 Å². The lowest BCUT2D eigenvalue weighted by molar-refractivity contribution is -0.145. The van der Waals surface area contributed by atoms with Gasteiger partial charge < -0.3 is 19.9 Å². The van der Waals surface area contributed by atoms with Gasteiger partial charge in [-0.1, -0.05) is 24.9 Å². The number of nitrogens with one attached hydrogen (secondary N) is 1. The van der Waals surface area contributed by atoms with E-state index in [1.54, 1.807) is 25.3 Å². The van der Waals surface area contributed by atoms with Crippen molar-refractivity contribution < 1.29 is 19.4 Å². The Morgan fingerprint density at radius 1 is 1.48 bits per heavy atom. The summed E-state index contributed by atoms with van der Waals surface area (Å²) in [6.45, 7) is 3.76. The average Bonchev–Trinajstić information content (AvgIpc) is 2.45. The fourth-order valence-corrected chi connectivity index (χ4v) is 2.04. The minimum Gasteiger partial charge on any atom is -0.479 e. The molecule has 6 heteroatoms. The molecule has 0 fully saturated rings. The first-order valence-corrected chi connectivity index (χ1v) is 7.33. The van der Waals surface area contributed by atoms with Crippen LogP contribution in [0.3, 0.4) is 0 Å². The monoisotopic (exact) mass is 315 g/mol. The van der Waals surface area contributed by atoms with Crippen molar-refractivity contribution >= 4 is 17.6 Å². The highest BCUT2D eigenvalue weighted by Gasteiger charge is 2.19. The van der Waals surface area contributed by atoms with Crippen molar-refractivity contribution in [2.45, 2.75) is 32.4 Å². The van der Waals surface area contributed by atoms with E-state index >= 15 is 0 Å². The zero-order chi connectivity index (χ0) is 15.7. The first-order valence-electron chi connectivity index (χ1n) is 6.96. The topological polar surface area (TPSA) is 67.8 Å². The summed E-state index contributed by atoms with van der Waals surface area (Å²) in [6.07, 6.45) is 0.370. The third-order valence-corrected chi connectivity index (χ3v) is 3.15. The van der Waals surface area contributed by atoms with Crippen molar-refractivity contribution in [2.24, 2.45) is 0 Å². The van der Waals surface area contributed by atoms with Gasteiger partial charge in [-0.15, -0.1) is 0 Å². The van der Waals surface area contributed by atoms with Crippen molar-refractivity contribution in [3.05, 3.63) is 28.8 Å². The van der Waals surface area contributed by atoms with Crippen LogP contribution in [-0.4, -0.2) is 37.4 Å². The largest absolute Gasteiger partial charge is 0.479 e. The first kappa shape index (κ1) is 17.8. The standard InChI is InChI=1S/C15H22ClNO4/c1-3-4-14(15(18)19)21-13-6-5-12(16)9-11(13)10-17-7-8-20-2/h5-6,9,14,17H,3-4,7-8,10H2,1-2H3,(H,18,19). The van der Waals surface area contributed by atoms with E-state index in [4.69, 9.17) is 21.1 Å². The van der Waals surface area contributed by atoms with Gasteiger partial charge in [-0.05, 0) is 24.6 Å². The molecule has 0 radical (unpaired) electrons. The molecule has 1 aromatic carbocycles. The number of methoxy groups -OCH3 is 1. The predicted octanol–water partition coefficient (Wildman–Crippen LogP) is 2.71. The number of aliphatic carboxylic acids is 1.